The molecule has 19 heavy (non-hydrogen) atoms. The van der Waals surface area contributed by atoms with Crippen LogP contribution in [0.5, 0.6) is 0 Å². The van der Waals surface area contributed by atoms with Crippen LogP contribution in [0.2, 0.25) is 0 Å². The molecule has 0 unspecified atom stereocenters. The highest BCUT2D eigenvalue weighted by atomic mass is 16.1. The van der Waals surface area contributed by atoms with Crippen molar-refractivity contribution in [1.29, 1.82) is 0 Å². The van der Waals surface area contributed by atoms with E-state index in [4.69, 9.17) is 20.4 Å². The van der Waals surface area contributed by atoms with Crippen LogP contribution in [-0.2, 0) is 9.59 Å². The average Bonchev–Trinajstić information content (AvgIpc) is 2.43. The highest BCUT2D eigenvalue weighted by Gasteiger charge is 2.20. The standard InChI is InChI=1S/C13H24.2CNO/c1-3-7-12(8-4-1)11-13-9-5-2-6-10-13;2*2-1-3/h12-13H,1-11H2;;/q;2*-1. The molecule has 0 heterocycles. The lowest BCUT2D eigenvalue weighted by molar-refractivity contribution is 0.244. The zero-order valence-corrected chi connectivity index (χ0v) is 11.6. The van der Waals surface area contributed by atoms with Crippen molar-refractivity contribution in [3.63, 3.8) is 0 Å². The molecule has 108 valence electrons. The number of isocyanates is 2. The second-order valence-electron chi connectivity index (χ2n) is 5.43. The molecule has 2 aliphatic rings. The maximum Gasteiger partial charge on any atom is -0.0159 e. The van der Waals surface area contributed by atoms with Crippen LogP contribution in [-0.4, -0.2) is 12.2 Å². The third kappa shape index (κ3) is 10.4. The van der Waals surface area contributed by atoms with Crippen molar-refractivity contribution >= 4 is 12.2 Å². The number of rotatable bonds is 2. The molecule has 0 radical (unpaired) electrons. The Morgan fingerprint density at radius 1 is 0.684 bits per heavy atom. The van der Waals surface area contributed by atoms with Gasteiger partial charge in [0.2, 0.25) is 0 Å². The van der Waals surface area contributed by atoms with E-state index in [9.17, 15) is 0 Å². The first kappa shape index (κ1) is 17.8. The molecule has 4 heteroatoms. The van der Waals surface area contributed by atoms with Crippen LogP contribution in [0.3, 0.4) is 0 Å². The van der Waals surface area contributed by atoms with Gasteiger partial charge in [0, 0.05) is 0 Å². The summed E-state index contributed by atoms with van der Waals surface area (Å²) in [6, 6.07) is 0. The Labute approximate surface area is 116 Å². The van der Waals surface area contributed by atoms with E-state index in [2.05, 4.69) is 0 Å². The Morgan fingerprint density at radius 2 is 0.947 bits per heavy atom. The molecule has 2 fully saturated rings. The van der Waals surface area contributed by atoms with Crippen molar-refractivity contribution in [3.05, 3.63) is 10.8 Å². The Bertz CT molecular complexity index is 240. The number of carbonyl (C=O) groups excluding carboxylic acids is 2. The maximum atomic E-state index is 8.24. The SMILES string of the molecule is C1CCC(CC2CCCCC2)CC1.[N-]=C=O.[N-]=C=O. The molecule has 2 aliphatic carbocycles. The summed E-state index contributed by atoms with van der Waals surface area (Å²) in [7, 11) is 0. The minimum Gasteiger partial charge on any atom is -0.724 e. The predicted octanol–water partition coefficient (Wildman–Crippen LogP) is 4.32. The number of hydrogen-bond acceptors (Lipinski definition) is 2. The van der Waals surface area contributed by atoms with Gasteiger partial charge in [0.1, 0.15) is 0 Å². The number of nitrogens with zero attached hydrogens (tertiary/aromatic N) is 2. The van der Waals surface area contributed by atoms with E-state index < -0.39 is 0 Å². The molecule has 0 aliphatic heterocycles. The average molecular weight is 264 g/mol. The first-order chi connectivity index (χ1) is 9.28. The second-order valence-corrected chi connectivity index (χ2v) is 5.43. The van der Waals surface area contributed by atoms with Gasteiger partial charge in [-0.2, -0.15) is 0 Å². The summed E-state index contributed by atoms with van der Waals surface area (Å²) in [5.74, 6) is 2.24. The van der Waals surface area contributed by atoms with Crippen molar-refractivity contribution in [3.8, 4) is 0 Å². The quantitative estimate of drug-likeness (QED) is 0.550. The van der Waals surface area contributed by atoms with Crippen molar-refractivity contribution in [2.24, 2.45) is 11.8 Å². The first-order valence-corrected chi connectivity index (χ1v) is 7.30. The fourth-order valence-electron chi connectivity index (χ4n) is 3.32. The monoisotopic (exact) mass is 264 g/mol. The van der Waals surface area contributed by atoms with Crippen LogP contribution in [0, 0.1) is 11.8 Å². The van der Waals surface area contributed by atoms with Gasteiger partial charge in [-0.15, -0.1) is 0 Å². The van der Waals surface area contributed by atoms with Gasteiger partial charge in [0.25, 0.3) is 0 Å². The third-order valence-corrected chi connectivity index (χ3v) is 4.12. The molecule has 0 atom stereocenters. The largest absolute Gasteiger partial charge is 0.724 e. The molecular formula is C15H24N2O2-2. The molecule has 4 nitrogen and oxygen atoms in total. The summed E-state index contributed by atoms with van der Waals surface area (Å²) in [5, 5.41) is 13.5. The van der Waals surface area contributed by atoms with E-state index in [1.165, 1.54) is 38.5 Å². The Hall–Kier alpha value is -1.24. The van der Waals surface area contributed by atoms with E-state index in [0.717, 1.165) is 11.8 Å². The molecule has 0 N–H and O–H groups in total. The van der Waals surface area contributed by atoms with Gasteiger partial charge in [-0.3, -0.25) is 9.59 Å². The van der Waals surface area contributed by atoms with E-state index in [1.807, 2.05) is 0 Å². The van der Waals surface area contributed by atoms with E-state index in [-0.39, 0.29) is 0 Å². The minimum atomic E-state index is 0.500. The highest BCUT2D eigenvalue weighted by molar-refractivity contribution is 5.37. The van der Waals surface area contributed by atoms with Crippen LogP contribution >= 0.6 is 0 Å². The van der Waals surface area contributed by atoms with Gasteiger partial charge in [-0.25, -0.2) is 0 Å². The summed E-state index contributed by atoms with van der Waals surface area (Å²) in [6.07, 6.45) is 17.9. The van der Waals surface area contributed by atoms with Crippen molar-refractivity contribution in [2.45, 2.75) is 70.6 Å². The van der Waals surface area contributed by atoms with Crippen LogP contribution in [0.15, 0.2) is 0 Å². The van der Waals surface area contributed by atoms with E-state index >= 15 is 0 Å². The maximum absolute atomic E-state index is 8.24. The fraction of sp³-hybridized carbons (Fsp3) is 0.867. The lowest BCUT2D eigenvalue weighted by Gasteiger charge is -2.28. The molecule has 0 bridgehead atoms. The molecule has 0 saturated heterocycles. The summed E-state index contributed by atoms with van der Waals surface area (Å²) >= 11 is 0. The smallest absolute Gasteiger partial charge is 0.0159 e. The highest BCUT2D eigenvalue weighted by Crippen LogP contribution is 2.34. The van der Waals surface area contributed by atoms with E-state index in [1.54, 1.807) is 32.1 Å². The molecule has 0 aromatic heterocycles. The van der Waals surface area contributed by atoms with Crippen LogP contribution < -0.4 is 0 Å². The summed E-state index contributed by atoms with van der Waals surface area (Å²) < 4.78 is 0. The molecular weight excluding hydrogens is 240 g/mol. The van der Waals surface area contributed by atoms with Crippen molar-refractivity contribution < 1.29 is 9.59 Å². The van der Waals surface area contributed by atoms with Crippen LogP contribution in [0.4, 0.5) is 0 Å². The molecule has 0 aromatic rings. The Kier molecular flexibility index (Phi) is 12.3. The minimum absolute atomic E-state index is 0.500. The lowest BCUT2D eigenvalue weighted by atomic mass is 9.78. The molecule has 0 spiro atoms. The van der Waals surface area contributed by atoms with Crippen molar-refractivity contribution in [1.82, 2.24) is 0 Å². The van der Waals surface area contributed by atoms with Gasteiger partial charge < -0.3 is 10.8 Å². The van der Waals surface area contributed by atoms with Gasteiger partial charge >= 0.3 is 0 Å². The summed E-state index contributed by atoms with van der Waals surface area (Å²) in [6.45, 7) is 0. The van der Waals surface area contributed by atoms with Crippen LogP contribution in [0.1, 0.15) is 70.6 Å². The van der Waals surface area contributed by atoms with Crippen LogP contribution in [0.25, 0.3) is 10.8 Å². The Morgan fingerprint density at radius 3 is 1.21 bits per heavy atom. The third-order valence-electron chi connectivity index (χ3n) is 4.12. The van der Waals surface area contributed by atoms with Gasteiger partial charge in [-0.05, 0) is 30.4 Å². The zero-order valence-electron chi connectivity index (χ0n) is 11.6. The lowest BCUT2D eigenvalue weighted by Crippen LogP contribution is -2.14. The van der Waals surface area contributed by atoms with E-state index in [0.29, 0.717) is 12.2 Å². The topological polar surface area (TPSA) is 78.7 Å². The Balaban J connectivity index is 0.000000465. The molecule has 0 aromatic carbocycles. The number of hydrogen-bond donors (Lipinski definition) is 0. The normalized spacial score (nSPS) is 19.8. The fourth-order valence-corrected chi connectivity index (χ4v) is 3.32. The zero-order chi connectivity index (χ0) is 14.3. The van der Waals surface area contributed by atoms with Gasteiger partial charge in [0.15, 0.2) is 0 Å². The van der Waals surface area contributed by atoms with Gasteiger partial charge in [0.05, 0.1) is 0 Å². The van der Waals surface area contributed by atoms with Gasteiger partial charge in [-0.1, -0.05) is 64.2 Å². The molecule has 2 saturated carbocycles. The van der Waals surface area contributed by atoms with Crippen molar-refractivity contribution in [2.75, 3.05) is 0 Å². The predicted molar refractivity (Wildman–Crippen MR) is 75.9 cm³/mol. The molecule has 2 rings (SSSR count). The molecule has 0 amide bonds. The summed E-state index contributed by atoms with van der Waals surface area (Å²) in [5.41, 5.74) is 0. The first-order valence-electron chi connectivity index (χ1n) is 7.30. The second kappa shape index (κ2) is 13.2. The summed E-state index contributed by atoms with van der Waals surface area (Å²) in [4.78, 5) is 16.5.